The van der Waals surface area contributed by atoms with Gasteiger partial charge >= 0.3 is 11.9 Å². The summed E-state index contributed by atoms with van der Waals surface area (Å²) in [6.07, 6.45) is 17.7. The third kappa shape index (κ3) is 4.67. The van der Waals surface area contributed by atoms with Gasteiger partial charge in [0.05, 0.1) is 13.2 Å². The largest absolute Gasteiger partial charge is 0.462 e. The molecule has 0 spiro atoms. The van der Waals surface area contributed by atoms with Crippen molar-refractivity contribution >= 4 is 23.7 Å². The van der Waals surface area contributed by atoms with Gasteiger partial charge in [0, 0.05) is 11.8 Å². The number of hydrogen-bond acceptors (Lipinski definition) is 5. The summed E-state index contributed by atoms with van der Waals surface area (Å²) in [4.78, 5) is 25.4. The van der Waals surface area contributed by atoms with Crippen LogP contribution in [0.4, 0.5) is 0 Å². The smallest absolute Gasteiger partial charge is 0.345 e. The Bertz CT molecular complexity index is 678. The number of hydrogen-bond donors (Lipinski definition) is 0. The van der Waals surface area contributed by atoms with Crippen LogP contribution in [0.15, 0.2) is 70.7 Å². The zero-order valence-electron chi connectivity index (χ0n) is 15.3. The molecule has 5 heteroatoms. The van der Waals surface area contributed by atoms with Gasteiger partial charge in [0.2, 0.25) is 0 Å². The zero-order valence-corrected chi connectivity index (χ0v) is 16.1. The third-order valence-corrected chi connectivity index (χ3v) is 4.46. The molecule has 2 aliphatic rings. The van der Waals surface area contributed by atoms with Gasteiger partial charge in [0.15, 0.2) is 0 Å². The molecule has 0 aromatic carbocycles. The van der Waals surface area contributed by atoms with E-state index in [2.05, 4.69) is 0 Å². The van der Waals surface area contributed by atoms with E-state index in [0.717, 1.165) is 5.57 Å². The lowest BCUT2D eigenvalue weighted by Gasteiger charge is -2.22. The standard InChI is InChI=1S/C21H24O4S/c1-4-24-20(22)19(21(23)25-5-2)18(16-12-8-9-13-16)17(14-26-3)15-10-6-7-11-15/h6-16H,4-5H2,1-3H3/b17-14+. The van der Waals surface area contributed by atoms with Crippen LogP contribution in [-0.2, 0) is 19.1 Å². The van der Waals surface area contributed by atoms with Crippen molar-refractivity contribution in [3.05, 3.63) is 70.7 Å². The van der Waals surface area contributed by atoms with Crippen LogP contribution in [0.25, 0.3) is 0 Å². The van der Waals surface area contributed by atoms with E-state index in [1.807, 2.05) is 60.3 Å². The Hall–Kier alpha value is -2.27. The molecule has 0 atom stereocenters. The number of carbonyl (C=O) groups excluding carboxylic acids is 2. The fourth-order valence-corrected chi connectivity index (χ4v) is 3.46. The quantitative estimate of drug-likeness (QED) is 0.211. The average molecular weight is 372 g/mol. The number of ether oxygens (including phenoxy) is 2. The molecule has 0 aliphatic heterocycles. The van der Waals surface area contributed by atoms with Crippen molar-refractivity contribution in [2.45, 2.75) is 13.8 Å². The van der Waals surface area contributed by atoms with E-state index in [0.29, 0.717) is 5.57 Å². The first kappa shape index (κ1) is 20.0. The lowest BCUT2D eigenvalue weighted by Crippen LogP contribution is -2.24. The molecule has 0 bridgehead atoms. The average Bonchev–Trinajstić information content (AvgIpc) is 3.31. The lowest BCUT2D eigenvalue weighted by molar-refractivity contribution is -0.146. The van der Waals surface area contributed by atoms with E-state index >= 15 is 0 Å². The highest BCUT2D eigenvalue weighted by Gasteiger charge is 2.32. The van der Waals surface area contributed by atoms with Crippen LogP contribution in [0.3, 0.4) is 0 Å². The molecule has 0 N–H and O–H groups in total. The lowest BCUT2D eigenvalue weighted by atomic mass is 9.83. The molecule has 138 valence electrons. The van der Waals surface area contributed by atoms with Crippen molar-refractivity contribution in [1.82, 2.24) is 0 Å². The molecule has 2 aliphatic carbocycles. The Labute approximate surface area is 159 Å². The van der Waals surface area contributed by atoms with E-state index in [4.69, 9.17) is 9.47 Å². The molecule has 0 fully saturated rings. The topological polar surface area (TPSA) is 52.6 Å². The fraction of sp³-hybridized carbons (Fsp3) is 0.333. The molecule has 26 heavy (non-hydrogen) atoms. The van der Waals surface area contributed by atoms with Crippen LogP contribution in [0.5, 0.6) is 0 Å². The molecule has 0 radical (unpaired) electrons. The van der Waals surface area contributed by atoms with E-state index in [9.17, 15) is 9.59 Å². The predicted molar refractivity (Wildman–Crippen MR) is 105 cm³/mol. The second kappa shape index (κ2) is 10.0. The molecule has 0 heterocycles. The maximum absolute atomic E-state index is 12.7. The second-order valence-electron chi connectivity index (χ2n) is 5.63. The Balaban J connectivity index is 2.67. The maximum Gasteiger partial charge on any atom is 0.345 e. The Morgan fingerprint density at radius 3 is 1.77 bits per heavy atom. The van der Waals surface area contributed by atoms with Crippen molar-refractivity contribution in [1.29, 1.82) is 0 Å². The van der Waals surface area contributed by atoms with E-state index in [1.165, 1.54) is 11.8 Å². The normalized spacial score (nSPS) is 16.3. The van der Waals surface area contributed by atoms with Crippen molar-refractivity contribution in [3.8, 4) is 0 Å². The van der Waals surface area contributed by atoms with E-state index in [-0.39, 0.29) is 30.6 Å². The van der Waals surface area contributed by atoms with Crippen LogP contribution in [0, 0.1) is 11.8 Å². The summed E-state index contributed by atoms with van der Waals surface area (Å²) in [6.45, 7) is 3.82. The predicted octanol–water partition coefficient (Wildman–Crippen LogP) is 4.14. The number of thioether (sulfide) groups is 1. The van der Waals surface area contributed by atoms with Crippen LogP contribution in [0.2, 0.25) is 0 Å². The summed E-state index contributed by atoms with van der Waals surface area (Å²) >= 11 is 1.53. The minimum absolute atomic E-state index is 0.00120. The van der Waals surface area contributed by atoms with Gasteiger partial charge in [0.25, 0.3) is 0 Å². The summed E-state index contributed by atoms with van der Waals surface area (Å²) in [7, 11) is 0. The minimum atomic E-state index is -0.646. The van der Waals surface area contributed by atoms with Gasteiger partial charge in [-0.2, -0.15) is 0 Å². The van der Waals surface area contributed by atoms with Gasteiger partial charge in [-0.1, -0.05) is 48.6 Å². The van der Waals surface area contributed by atoms with E-state index in [1.54, 1.807) is 13.8 Å². The molecular weight excluding hydrogens is 348 g/mol. The summed E-state index contributed by atoms with van der Waals surface area (Å²) in [5.74, 6) is -1.47. The van der Waals surface area contributed by atoms with Crippen LogP contribution < -0.4 is 0 Å². The fourth-order valence-electron chi connectivity index (χ4n) is 2.93. The van der Waals surface area contributed by atoms with Crippen LogP contribution in [-0.4, -0.2) is 31.4 Å². The first-order valence-electron chi connectivity index (χ1n) is 8.65. The highest BCUT2D eigenvalue weighted by molar-refractivity contribution is 8.01. The van der Waals surface area contributed by atoms with Crippen molar-refractivity contribution in [3.63, 3.8) is 0 Å². The van der Waals surface area contributed by atoms with E-state index < -0.39 is 11.9 Å². The molecular formula is C21H24O4S. The van der Waals surface area contributed by atoms with Gasteiger partial charge < -0.3 is 9.47 Å². The molecule has 0 saturated heterocycles. The summed E-state index contributed by atoms with van der Waals surface area (Å²) in [5.41, 5.74) is 1.52. The van der Waals surface area contributed by atoms with Crippen molar-refractivity contribution in [2.24, 2.45) is 11.8 Å². The summed E-state index contributed by atoms with van der Waals surface area (Å²) < 4.78 is 10.4. The molecule has 0 amide bonds. The van der Waals surface area contributed by atoms with Crippen molar-refractivity contribution in [2.75, 3.05) is 19.5 Å². The summed E-state index contributed by atoms with van der Waals surface area (Å²) in [5, 5.41) is 1.98. The number of esters is 2. The number of allylic oxidation sites excluding steroid dienone is 10. The van der Waals surface area contributed by atoms with Gasteiger partial charge in [-0.05, 0) is 36.7 Å². The zero-order chi connectivity index (χ0) is 18.9. The first-order valence-corrected chi connectivity index (χ1v) is 9.94. The molecule has 0 aromatic rings. The monoisotopic (exact) mass is 372 g/mol. The molecule has 0 saturated carbocycles. The number of carbonyl (C=O) groups is 2. The summed E-state index contributed by atoms with van der Waals surface area (Å²) in [6, 6.07) is 0. The van der Waals surface area contributed by atoms with Gasteiger partial charge in [-0.3, -0.25) is 0 Å². The highest BCUT2D eigenvalue weighted by atomic mass is 32.2. The minimum Gasteiger partial charge on any atom is -0.462 e. The molecule has 0 aromatic heterocycles. The van der Waals surface area contributed by atoms with Crippen molar-refractivity contribution < 1.29 is 19.1 Å². The van der Waals surface area contributed by atoms with Gasteiger partial charge in [0.1, 0.15) is 5.57 Å². The van der Waals surface area contributed by atoms with Crippen LogP contribution in [0.1, 0.15) is 13.8 Å². The highest BCUT2D eigenvalue weighted by Crippen LogP contribution is 2.37. The second-order valence-corrected chi connectivity index (χ2v) is 6.34. The Morgan fingerprint density at radius 1 is 0.885 bits per heavy atom. The Kier molecular flexibility index (Phi) is 7.73. The SMILES string of the molecule is CCOC(=O)C(C(=O)OCC)=C(/C(=C/SC)C1C=CC=C1)C1C=CC=C1. The van der Waals surface area contributed by atoms with Gasteiger partial charge in [-0.25, -0.2) is 9.59 Å². The third-order valence-electron chi connectivity index (χ3n) is 3.97. The molecule has 0 unspecified atom stereocenters. The molecule has 2 rings (SSSR count). The first-order chi connectivity index (χ1) is 12.6. The van der Waals surface area contributed by atoms with Gasteiger partial charge in [-0.15, -0.1) is 11.8 Å². The molecule has 4 nitrogen and oxygen atoms in total. The Morgan fingerprint density at radius 2 is 1.35 bits per heavy atom. The van der Waals surface area contributed by atoms with Crippen LogP contribution >= 0.6 is 11.8 Å². The number of rotatable bonds is 8. The maximum atomic E-state index is 12.7.